The molecule has 0 saturated heterocycles. The highest BCUT2D eigenvalue weighted by Crippen LogP contribution is 2.39. The van der Waals surface area contributed by atoms with Gasteiger partial charge in [0.2, 0.25) is 12.3 Å². The number of hydrogen-bond acceptors (Lipinski definition) is 10. The SMILES string of the molecule is CC(C)(C)OCCC(CCNC=O)(C(=O)Nc1ccc(-c2cncc(C3CC3)n2)cn1)c1nccc(NSC2CC2)n1. The number of ether oxygens (including phenoxy) is 1. The van der Waals surface area contributed by atoms with E-state index in [2.05, 4.69) is 30.3 Å². The summed E-state index contributed by atoms with van der Waals surface area (Å²) in [7, 11) is 0. The zero-order valence-electron chi connectivity index (χ0n) is 24.3. The second-order valence-electron chi connectivity index (χ2n) is 11.8. The quantitative estimate of drug-likeness (QED) is 0.130. The highest BCUT2D eigenvalue weighted by atomic mass is 32.2. The van der Waals surface area contributed by atoms with Gasteiger partial charge in [-0.3, -0.25) is 14.6 Å². The molecule has 3 heterocycles. The van der Waals surface area contributed by atoms with Gasteiger partial charge in [-0.25, -0.2) is 19.9 Å². The first kappa shape index (κ1) is 29.8. The maximum Gasteiger partial charge on any atom is 0.239 e. The van der Waals surface area contributed by atoms with Gasteiger partial charge in [0.15, 0.2) is 0 Å². The molecule has 222 valence electrons. The van der Waals surface area contributed by atoms with Crippen molar-refractivity contribution in [2.24, 2.45) is 0 Å². The fourth-order valence-electron chi connectivity index (χ4n) is 4.48. The van der Waals surface area contributed by atoms with Gasteiger partial charge in [0, 0.05) is 48.5 Å². The van der Waals surface area contributed by atoms with Crippen LogP contribution in [-0.4, -0.2) is 61.2 Å². The maximum atomic E-state index is 14.2. The molecular weight excluding hydrogens is 552 g/mol. The van der Waals surface area contributed by atoms with Crippen LogP contribution in [0.1, 0.15) is 76.7 Å². The molecule has 2 fully saturated rings. The Labute approximate surface area is 250 Å². The third-order valence-corrected chi connectivity index (χ3v) is 8.30. The average Bonchev–Trinajstić information content (AvgIpc) is 3.90. The summed E-state index contributed by atoms with van der Waals surface area (Å²) < 4.78 is 9.35. The van der Waals surface area contributed by atoms with Crippen LogP contribution in [0.5, 0.6) is 0 Å². The zero-order chi connectivity index (χ0) is 29.6. The van der Waals surface area contributed by atoms with Crippen LogP contribution in [0.3, 0.4) is 0 Å². The molecule has 0 aromatic carbocycles. The van der Waals surface area contributed by atoms with Crippen molar-refractivity contribution in [1.29, 1.82) is 0 Å². The smallest absolute Gasteiger partial charge is 0.239 e. The molecule has 3 N–H and O–H groups in total. The molecule has 2 saturated carbocycles. The third-order valence-electron chi connectivity index (χ3n) is 7.17. The number of carbonyl (C=O) groups is 2. The molecule has 2 aliphatic carbocycles. The van der Waals surface area contributed by atoms with Crippen molar-refractivity contribution in [3.05, 3.63) is 54.5 Å². The van der Waals surface area contributed by atoms with Gasteiger partial charge < -0.3 is 20.1 Å². The third kappa shape index (κ3) is 8.01. The van der Waals surface area contributed by atoms with Crippen LogP contribution in [0.4, 0.5) is 11.6 Å². The average molecular weight is 591 g/mol. The minimum absolute atomic E-state index is 0.257. The Morgan fingerprint density at radius 2 is 1.86 bits per heavy atom. The van der Waals surface area contributed by atoms with Crippen LogP contribution >= 0.6 is 11.9 Å². The first-order valence-electron chi connectivity index (χ1n) is 14.4. The van der Waals surface area contributed by atoms with Crippen LogP contribution in [0.2, 0.25) is 0 Å². The number of aromatic nitrogens is 5. The highest BCUT2D eigenvalue weighted by Gasteiger charge is 2.43. The molecule has 0 spiro atoms. The van der Waals surface area contributed by atoms with Crippen LogP contribution in [0.25, 0.3) is 11.3 Å². The number of amides is 2. The van der Waals surface area contributed by atoms with E-state index in [0.717, 1.165) is 29.8 Å². The van der Waals surface area contributed by atoms with E-state index in [9.17, 15) is 9.59 Å². The Balaban J connectivity index is 1.40. The maximum absolute atomic E-state index is 14.2. The van der Waals surface area contributed by atoms with E-state index in [1.807, 2.05) is 33.0 Å². The Morgan fingerprint density at radius 1 is 1.02 bits per heavy atom. The molecule has 3 aromatic heterocycles. The largest absolute Gasteiger partial charge is 0.376 e. The van der Waals surface area contributed by atoms with Crippen molar-refractivity contribution in [2.75, 3.05) is 23.2 Å². The molecular formula is C30H38N8O3S. The zero-order valence-corrected chi connectivity index (χ0v) is 25.1. The van der Waals surface area contributed by atoms with Gasteiger partial charge in [0.1, 0.15) is 22.9 Å². The van der Waals surface area contributed by atoms with Crippen LogP contribution in [-0.2, 0) is 19.7 Å². The standard InChI is InChI=1S/C30H38N8O3S/c1-29(2,3)41-15-12-30(11-14-31-19-39,27-33-13-10-26(36-27)38-42-22-7-8-22)28(40)37-25-9-6-21(16-34-25)24-18-32-17-23(35-24)20-4-5-20/h6,9-10,13,16-20,22H,4-5,7-8,11-12,14-15H2,1-3H3,(H,31,39)(H,33,36,38)(H,34,37,40). The number of rotatable bonds is 15. The summed E-state index contributed by atoms with van der Waals surface area (Å²) in [5, 5.41) is 6.26. The van der Waals surface area contributed by atoms with E-state index < -0.39 is 11.0 Å². The summed E-state index contributed by atoms with van der Waals surface area (Å²) in [6.07, 6.45) is 12.7. The van der Waals surface area contributed by atoms with Crippen LogP contribution in [0.15, 0.2) is 43.0 Å². The van der Waals surface area contributed by atoms with Gasteiger partial charge >= 0.3 is 0 Å². The van der Waals surface area contributed by atoms with E-state index in [1.165, 1.54) is 12.8 Å². The number of anilines is 2. The van der Waals surface area contributed by atoms with Crippen molar-refractivity contribution in [3.63, 3.8) is 0 Å². The Morgan fingerprint density at radius 3 is 2.55 bits per heavy atom. The number of nitrogens with zero attached hydrogens (tertiary/aromatic N) is 5. The molecule has 2 aliphatic rings. The monoisotopic (exact) mass is 590 g/mol. The fraction of sp³-hybridized carbons (Fsp3) is 0.500. The van der Waals surface area contributed by atoms with Crippen LogP contribution in [0, 0.1) is 0 Å². The van der Waals surface area contributed by atoms with Crippen molar-refractivity contribution < 1.29 is 14.3 Å². The Bertz CT molecular complexity index is 1380. The molecule has 5 rings (SSSR count). The van der Waals surface area contributed by atoms with Crippen LogP contribution < -0.4 is 15.4 Å². The number of hydrogen-bond donors (Lipinski definition) is 3. The summed E-state index contributed by atoms with van der Waals surface area (Å²) in [5.74, 6) is 1.55. The van der Waals surface area contributed by atoms with E-state index in [-0.39, 0.29) is 25.5 Å². The summed E-state index contributed by atoms with van der Waals surface area (Å²) in [4.78, 5) is 48.3. The predicted molar refractivity (Wildman–Crippen MR) is 163 cm³/mol. The van der Waals surface area contributed by atoms with Gasteiger partial charge in [0.25, 0.3) is 0 Å². The van der Waals surface area contributed by atoms with Crippen molar-refractivity contribution >= 4 is 35.9 Å². The second-order valence-corrected chi connectivity index (χ2v) is 12.9. The molecule has 42 heavy (non-hydrogen) atoms. The number of nitrogens with one attached hydrogen (secondary N) is 3. The minimum atomic E-state index is -1.20. The number of carbonyl (C=O) groups excluding carboxylic acids is 2. The summed E-state index contributed by atoms with van der Waals surface area (Å²) in [5.41, 5.74) is 0.973. The van der Waals surface area contributed by atoms with Gasteiger partial charge in [-0.2, -0.15) is 0 Å². The van der Waals surface area contributed by atoms with E-state index in [4.69, 9.17) is 14.7 Å². The normalized spacial score (nSPS) is 16.4. The summed E-state index contributed by atoms with van der Waals surface area (Å²) >= 11 is 1.63. The molecule has 1 unspecified atom stereocenters. The molecule has 2 amide bonds. The lowest BCUT2D eigenvalue weighted by atomic mass is 9.79. The van der Waals surface area contributed by atoms with Gasteiger partial charge in [-0.1, -0.05) is 0 Å². The Hall–Kier alpha value is -3.64. The van der Waals surface area contributed by atoms with Gasteiger partial charge in [-0.15, -0.1) is 0 Å². The van der Waals surface area contributed by atoms with E-state index in [0.29, 0.717) is 41.5 Å². The molecule has 0 radical (unpaired) electrons. The van der Waals surface area contributed by atoms with Gasteiger partial charge in [-0.05, 0) is 89.4 Å². The molecule has 0 bridgehead atoms. The van der Waals surface area contributed by atoms with Crippen molar-refractivity contribution in [3.8, 4) is 11.3 Å². The van der Waals surface area contributed by atoms with Gasteiger partial charge in [0.05, 0.1) is 23.2 Å². The summed E-state index contributed by atoms with van der Waals surface area (Å²) in [6, 6.07) is 5.42. The van der Waals surface area contributed by atoms with E-state index >= 15 is 0 Å². The molecule has 12 heteroatoms. The lowest BCUT2D eigenvalue weighted by molar-refractivity contribution is -0.124. The van der Waals surface area contributed by atoms with Crippen molar-refractivity contribution in [1.82, 2.24) is 30.2 Å². The first-order valence-corrected chi connectivity index (χ1v) is 15.3. The second kappa shape index (κ2) is 13.1. The minimum Gasteiger partial charge on any atom is -0.376 e. The number of pyridine rings is 1. The Kier molecular flexibility index (Phi) is 9.32. The topological polar surface area (TPSA) is 144 Å². The molecule has 11 nitrogen and oxygen atoms in total. The fourth-order valence-corrected chi connectivity index (χ4v) is 5.25. The molecule has 0 aliphatic heterocycles. The first-order chi connectivity index (χ1) is 20.3. The van der Waals surface area contributed by atoms with E-state index in [1.54, 1.807) is 42.7 Å². The summed E-state index contributed by atoms with van der Waals surface area (Å²) in [6.45, 7) is 6.45. The lowest BCUT2D eigenvalue weighted by Crippen LogP contribution is -2.45. The predicted octanol–water partition coefficient (Wildman–Crippen LogP) is 4.65. The molecule has 1 atom stereocenters. The van der Waals surface area contributed by atoms with Crippen molar-refractivity contribution in [2.45, 2.75) is 81.5 Å². The lowest BCUT2D eigenvalue weighted by Gasteiger charge is -2.32. The molecule has 3 aromatic rings. The highest BCUT2D eigenvalue weighted by molar-refractivity contribution is 8.01.